The van der Waals surface area contributed by atoms with Crippen molar-refractivity contribution < 1.29 is 9.53 Å². The number of carbonyl (C=O) groups excluding carboxylic acids is 1. The van der Waals surface area contributed by atoms with Crippen LogP contribution in [0, 0.1) is 6.92 Å². The summed E-state index contributed by atoms with van der Waals surface area (Å²) in [5, 5.41) is 2.68. The maximum absolute atomic E-state index is 12.3. The Hall–Kier alpha value is -1.73. The van der Waals surface area contributed by atoms with Gasteiger partial charge in [-0.05, 0) is 49.1 Å². The number of benzene rings is 1. The summed E-state index contributed by atoms with van der Waals surface area (Å²) in [6.45, 7) is 5.77. The summed E-state index contributed by atoms with van der Waals surface area (Å²) < 4.78 is 8.57. The molecular formula is C19H19ClN2O2S2. The maximum Gasteiger partial charge on any atom is 0.272 e. The van der Waals surface area contributed by atoms with E-state index < -0.39 is 0 Å². The van der Waals surface area contributed by atoms with Crippen LogP contribution in [0.1, 0.15) is 17.4 Å². The number of thiazole rings is 1. The van der Waals surface area contributed by atoms with Crippen molar-refractivity contribution >= 4 is 56.5 Å². The van der Waals surface area contributed by atoms with Crippen LogP contribution in [0.15, 0.2) is 40.7 Å². The smallest absolute Gasteiger partial charge is 0.272 e. The molecule has 2 heterocycles. The van der Waals surface area contributed by atoms with Crippen LogP contribution in [0.2, 0.25) is 5.02 Å². The molecule has 0 aliphatic rings. The summed E-state index contributed by atoms with van der Waals surface area (Å²) in [6.07, 6.45) is 3.29. The van der Waals surface area contributed by atoms with E-state index in [1.54, 1.807) is 17.4 Å². The second-order valence-electron chi connectivity index (χ2n) is 5.55. The SMILES string of the molecule is CCOCCn1c(=NC(=O)C=Cc2cccs2)sc2ccc(Cl)c(C)c21. The lowest BCUT2D eigenvalue weighted by atomic mass is 10.2. The largest absolute Gasteiger partial charge is 0.380 e. The molecule has 4 nitrogen and oxygen atoms in total. The number of aromatic nitrogens is 1. The number of amides is 1. The summed E-state index contributed by atoms with van der Waals surface area (Å²) in [6, 6.07) is 7.76. The molecule has 3 rings (SSSR count). The van der Waals surface area contributed by atoms with Crippen LogP contribution in [0.5, 0.6) is 0 Å². The lowest BCUT2D eigenvalue weighted by Gasteiger charge is -2.08. The topological polar surface area (TPSA) is 43.6 Å². The average molecular weight is 407 g/mol. The van der Waals surface area contributed by atoms with Crippen LogP contribution >= 0.6 is 34.3 Å². The first-order valence-electron chi connectivity index (χ1n) is 8.26. The molecule has 26 heavy (non-hydrogen) atoms. The van der Waals surface area contributed by atoms with Crippen LogP contribution < -0.4 is 4.80 Å². The summed E-state index contributed by atoms with van der Waals surface area (Å²) >= 11 is 9.36. The number of halogens is 1. The van der Waals surface area contributed by atoms with Crippen molar-refractivity contribution in [2.24, 2.45) is 4.99 Å². The number of hydrogen-bond donors (Lipinski definition) is 0. The van der Waals surface area contributed by atoms with Crippen molar-refractivity contribution in [3.05, 3.63) is 56.0 Å². The van der Waals surface area contributed by atoms with Gasteiger partial charge in [-0.1, -0.05) is 29.0 Å². The van der Waals surface area contributed by atoms with Gasteiger partial charge in [-0.15, -0.1) is 11.3 Å². The highest BCUT2D eigenvalue weighted by Gasteiger charge is 2.11. The fraction of sp³-hybridized carbons (Fsp3) is 0.263. The van der Waals surface area contributed by atoms with Gasteiger partial charge in [0, 0.05) is 29.1 Å². The number of aryl methyl sites for hydroxylation is 1. The number of ether oxygens (including phenoxy) is 1. The van der Waals surface area contributed by atoms with Gasteiger partial charge >= 0.3 is 0 Å². The normalized spacial score (nSPS) is 12.5. The standard InChI is InChI=1S/C19H19ClN2O2S2/c1-3-24-11-10-22-18-13(2)15(20)7-8-16(18)26-19(22)21-17(23)9-6-14-5-4-12-25-14/h4-9,12H,3,10-11H2,1-2H3. The van der Waals surface area contributed by atoms with E-state index in [1.165, 1.54) is 17.4 Å². The molecule has 0 radical (unpaired) electrons. The van der Waals surface area contributed by atoms with Gasteiger partial charge in [-0.25, -0.2) is 0 Å². The highest BCUT2D eigenvalue weighted by molar-refractivity contribution is 7.16. The Labute approximate surface area is 165 Å². The van der Waals surface area contributed by atoms with Crippen molar-refractivity contribution in [1.82, 2.24) is 4.57 Å². The molecule has 0 saturated carbocycles. The quantitative estimate of drug-likeness (QED) is 0.431. The first kappa shape index (κ1) is 19.0. The minimum Gasteiger partial charge on any atom is -0.380 e. The molecule has 0 aliphatic heterocycles. The van der Waals surface area contributed by atoms with Crippen molar-refractivity contribution in [2.45, 2.75) is 20.4 Å². The highest BCUT2D eigenvalue weighted by atomic mass is 35.5. The van der Waals surface area contributed by atoms with Crippen LogP contribution in [0.25, 0.3) is 16.3 Å². The zero-order chi connectivity index (χ0) is 18.5. The van der Waals surface area contributed by atoms with Gasteiger partial charge in [0.25, 0.3) is 5.91 Å². The summed E-state index contributed by atoms with van der Waals surface area (Å²) in [4.78, 5) is 18.3. The molecule has 0 spiro atoms. The molecule has 1 aromatic carbocycles. The monoisotopic (exact) mass is 406 g/mol. The van der Waals surface area contributed by atoms with Crippen LogP contribution in [0.3, 0.4) is 0 Å². The first-order chi connectivity index (χ1) is 12.6. The molecule has 0 aliphatic carbocycles. The molecule has 0 N–H and O–H groups in total. The third kappa shape index (κ3) is 4.32. The number of thiophene rings is 1. The third-order valence-electron chi connectivity index (χ3n) is 3.83. The highest BCUT2D eigenvalue weighted by Crippen LogP contribution is 2.27. The summed E-state index contributed by atoms with van der Waals surface area (Å²) in [5.41, 5.74) is 2.00. The Kier molecular flexibility index (Phi) is 6.43. The number of carbonyl (C=O) groups is 1. The van der Waals surface area contributed by atoms with E-state index in [0.29, 0.717) is 29.6 Å². The Bertz CT molecular complexity index is 1000. The van der Waals surface area contributed by atoms with E-state index in [4.69, 9.17) is 16.3 Å². The van der Waals surface area contributed by atoms with Crippen molar-refractivity contribution in [3.8, 4) is 0 Å². The number of nitrogens with zero attached hydrogens (tertiary/aromatic N) is 2. The van der Waals surface area contributed by atoms with E-state index in [1.807, 2.05) is 48.1 Å². The fourth-order valence-electron chi connectivity index (χ4n) is 2.58. The van der Waals surface area contributed by atoms with E-state index in [9.17, 15) is 4.79 Å². The molecular weight excluding hydrogens is 388 g/mol. The molecule has 0 unspecified atom stereocenters. The fourth-order valence-corrected chi connectivity index (χ4v) is 4.47. The average Bonchev–Trinajstić information content (AvgIpc) is 3.25. The van der Waals surface area contributed by atoms with E-state index in [2.05, 4.69) is 4.99 Å². The van der Waals surface area contributed by atoms with Gasteiger partial charge in [0.05, 0.1) is 16.8 Å². The Morgan fingerprint density at radius 3 is 2.96 bits per heavy atom. The lowest BCUT2D eigenvalue weighted by molar-refractivity contribution is -0.113. The molecule has 0 saturated heterocycles. The first-order valence-corrected chi connectivity index (χ1v) is 10.3. The molecule has 1 amide bonds. The predicted octanol–water partition coefficient (Wildman–Crippen LogP) is 4.90. The second-order valence-corrected chi connectivity index (χ2v) is 7.95. The van der Waals surface area contributed by atoms with Gasteiger partial charge in [-0.2, -0.15) is 4.99 Å². The van der Waals surface area contributed by atoms with Gasteiger partial charge < -0.3 is 9.30 Å². The lowest BCUT2D eigenvalue weighted by Crippen LogP contribution is -2.19. The number of fused-ring (bicyclic) bond motifs is 1. The molecule has 136 valence electrons. The van der Waals surface area contributed by atoms with E-state index in [0.717, 1.165) is 20.7 Å². The molecule has 7 heteroatoms. The van der Waals surface area contributed by atoms with Gasteiger partial charge in [0.1, 0.15) is 0 Å². The van der Waals surface area contributed by atoms with Crippen molar-refractivity contribution in [3.63, 3.8) is 0 Å². The zero-order valence-corrected chi connectivity index (χ0v) is 17.0. The van der Waals surface area contributed by atoms with Gasteiger partial charge in [-0.3, -0.25) is 4.79 Å². The predicted molar refractivity (Wildman–Crippen MR) is 110 cm³/mol. The minimum atomic E-state index is -0.279. The Morgan fingerprint density at radius 2 is 2.23 bits per heavy atom. The zero-order valence-electron chi connectivity index (χ0n) is 14.6. The number of hydrogen-bond acceptors (Lipinski definition) is 4. The number of rotatable bonds is 6. The van der Waals surface area contributed by atoms with Crippen molar-refractivity contribution in [2.75, 3.05) is 13.2 Å². The molecule has 2 aromatic heterocycles. The Balaban J connectivity index is 2.01. The molecule has 0 atom stereocenters. The molecule has 0 fully saturated rings. The summed E-state index contributed by atoms with van der Waals surface area (Å²) in [7, 11) is 0. The maximum atomic E-state index is 12.3. The van der Waals surface area contributed by atoms with Crippen LogP contribution in [-0.4, -0.2) is 23.7 Å². The minimum absolute atomic E-state index is 0.279. The molecule has 0 bridgehead atoms. The second kappa shape index (κ2) is 8.77. The van der Waals surface area contributed by atoms with E-state index in [-0.39, 0.29) is 5.91 Å². The van der Waals surface area contributed by atoms with Gasteiger partial charge in [0.15, 0.2) is 4.80 Å². The van der Waals surface area contributed by atoms with Gasteiger partial charge in [0.2, 0.25) is 0 Å². The van der Waals surface area contributed by atoms with Crippen LogP contribution in [0.4, 0.5) is 0 Å². The molecule has 3 aromatic rings. The van der Waals surface area contributed by atoms with E-state index >= 15 is 0 Å². The third-order valence-corrected chi connectivity index (χ3v) is 6.12. The van der Waals surface area contributed by atoms with Crippen molar-refractivity contribution in [1.29, 1.82) is 0 Å². The van der Waals surface area contributed by atoms with Crippen LogP contribution in [-0.2, 0) is 16.1 Å². The summed E-state index contributed by atoms with van der Waals surface area (Å²) in [5.74, 6) is -0.279. The Morgan fingerprint density at radius 1 is 1.38 bits per heavy atom.